The molecule has 1 aromatic heterocycles. The molecule has 0 aliphatic carbocycles. The maximum atomic E-state index is 6.07. The van der Waals surface area contributed by atoms with Crippen molar-refractivity contribution < 1.29 is 0 Å². The zero-order chi connectivity index (χ0) is 17.6. The van der Waals surface area contributed by atoms with E-state index in [-0.39, 0.29) is 20.7 Å². The Balaban J connectivity index is 1.44. The van der Waals surface area contributed by atoms with E-state index in [1.165, 1.54) is 3.63 Å². The van der Waals surface area contributed by atoms with Crippen molar-refractivity contribution in [3.63, 3.8) is 0 Å². The number of rotatable bonds is 7. The molecule has 4 nitrogen and oxygen atoms in total. The number of nitrogens with zero attached hydrogens (tertiary/aromatic N) is 2. The first-order valence-electron chi connectivity index (χ1n) is 8.08. The number of benzene rings is 1. The molecular formula is C18H19Cl2IN4. The van der Waals surface area contributed by atoms with Gasteiger partial charge in [-0.1, -0.05) is 23.2 Å². The standard InChI is InChI=1S/C18H19Cl2IN4/c1-12-10-17(21-18(20)25-12)24-8-3-2-7-22-15-6-9-23-16-11-13(19)4-5-14(15)16/h4-6,9-11,24H,2-3,7-8H2,1H3,(H,22,23). The van der Waals surface area contributed by atoms with Crippen molar-refractivity contribution in [2.24, 2.45) is 4.99 Å². The normalized spacial score (nSPS) is 14.4. The van der Waals surface area contributed by atoms with Gasteiger partial charge in [0.2, 0.25) is 0 Å². The Bertz CT molecular complexity index is 859. The van der Waals surface area contributed by atoms with Crippen LogP contribution in [0.2, 0.25) is 5.02 Å². The Labute approximate surface area is 167 Å². The maximum absolute atomic E-state index is 6.07. The fourth-order valence-corrected chi connectivity index (χ4v) is 5.39. The number of pyridine rings is 1. The first-order valence-corrected chi connectivity index (χ1v) is 11.0. The van der Waals surface area contributed by atoms with E-state index in [4.69, 9.17) is 23.2 Å². The highest BCUT2D eigenvalue weighted by Crippen LogP contribution is 2.24. The highest BCUT2D eigenvalue weighted by Gasteiger charge is 2.04. The molecule has 25 heavy (non-hydrogen) atoms. The maximum Gasteiger partial charge on any atom is 0.162 e. The van der Waals surface area contributed by atoms with Crippen LogP contribution < -0.4 is 10.6 Å². The van der Waals surface area contributed by atoms with Crippen molar-refractivity contribution in [2.75, 3.05) is 18.4 Å². The Morgan fingerprint density at radius 3 is 2.68 bits per heavy atom. The molecule has 0 amide bonds. The minimum atomic E-state index is -0.316. The zero-order valence-electron chi connectivity index (χ0n) is 13.8. The third-order valence-corrected chi connectivity index (χ3v) is 6.45. The van der Waals surface area contributed by atoms with Crippen LogP contribution in [-0.2, 0) is 0 Å². The van der Waals surface area contributed by atoms with E-state index in [0.29, 0.717) is 5.02 Å². The lowest BCUT2D eigenvalue weighted by molar-refractivity contribution is 0.736. The van der Waals surface area contributed by atoms with E-state index < -0.39 is 0 Å². The van der Waals surface area contributed by atoms with Gasteiger partial charge in [0, 0.05) is 41.1 Å². The Hall–Kier alpha value is -1.02. The largest absolute Gasteiger partial charge is 0.384 e. The molecule has 2 N–H and O–H groups in total. The monoisotopic (exact) mass is 488 g/mol. The molecule has 132 valence electrons. The molecule has 0 radical (unpaired) electrons. The predicted molar refractivity (Wildman–Crippen MR) is 119 cm³/mol. The highest BCUT2D eigenvalue weighted by molar-refractivity contribution is 14.2. The number of halogens is 3. The summed E-state index contributed by atoms with van der Waals surface area (Å²) < 4.78 is 2.01. The smallest absolute Gasteiger partial charge is 0.162 e. The molecule has 7 heteroatoms. The molecule has 0 atom stereocenters. The van der Waals surface area contributed by atoms with Crippen LogP contribution in [0.15, 0.2) is 47.2 Å². The topological polar surface area (TPSA) is 49.3 Å². The van der Waals surface area contributed by atoms with Crippen LogP contribution in [0.4, 0.5) is 5.69 Å². The van der Waals surface area contributed by atoms with E-state index in [1.807, 2.05) is 37.4 Å². The summed E-state index contributed by atoms with van der Waals surface area (Å²) in [5.41, 5.74) is 2.99. The van der Waals surface area contributed by atoms with Crippen LogP contribution in [-0.4, -0.2) is 24.9 Å². The summed E-state index contributed by atoms with van der Waals surface area (Å²) in [6.45, 7) is 3.85. The fourth-order valence-electron chi connectivity index (χ4n) is 2.52. The molecule has 3 rings (SSSR count). The Morgan fingerprint density at radius 1 is 1.08 bits per heavy atom. The molecule has 0 saturated carbocycles. The number of hydrogen-bond acceptors (Lipinski definition) is 4. The van der Waals surface area contributed by atoms with Crippen molar-refractivity contribution in [1.29, 1.82) is 0 Å². The van der Waals surface area contributed by atoms with Gasteiger partial charge in [-0.15, -0.1) is 0 Å². The number of anilines is 1. The van der Waals surface area contributed by atoms with Gasteiger partial charge < -0.3 is 5.32 Å². The third-order valence-electron chi connectivity index (χ3n) is 3.69. The Kier molecular flexibility index (Phi) is 6.81. The van der Waals surface area contributed by atoms with Gasteiger partial charge in [-0.3, -0.25) is 10.3 Å². The minimum Gasteiger partial charge on any atom is -0.384 e. The van der Waals surface area contributed by atoms with Crippen LogP contribution in [0, 0.1) is 0 Å². The average Bonchev–Trinajstić information content (AvgIpc) is 2.57. The van der Waals surface area contributed by atoms with Gasteiger partial charge in [0.15, 0.2) is 3.18 Å². The van der Waals surface area contributed by atoms with Crippen LogP contribution in [0.3, 0.4) is 0 Å². The summed E-state index contributed by atoms with van der Waals surface area (Å²) in [5.74, 6) is 0. The summed E-state index contributed by atoms with van der Waals surface area (Å²) in [6.07, 6.45) is 6.09. The van der Waals surface area contributed by atoms with Gasteiger partial charge in [0.1, 0.15) is 0 Å². The lowest BCUT2D eigenvalue weighted by atomic mass is 10.2. The number of aromatic nitrogens is 1. The SMILES string of the molecule is CC1=CC(NCCCCNc2ccnc3cc(Cl)ccc23)=IC(Cl)=N1. The van der Waals surface area contributed by atoms with Gasteiger partial charge in [0.25, 0.3) is 0 Å². The van der Waals surface area contributed by atoms with Crippen LogP contribution >= 0.6 is 43.9 Å². The highest BCUT2D eigenvalue weighted by atomic mass is 127. The number of unbranched alkanes of at least 4 members (excludes halogenated alkanes) is 1. The van der Waals surface area contributed by atoms with Crippen molar-refractivity contribution in [1.82, 2.24) is 10.3 Å². The summed E-state index contributed by atoms with van der Waals surface area (Å²) in [4.78, 5) is 8.63. The second kappa shape index (κ2) is 9.07. The van der Waals surface area contributed by atoms with Crippen LogP contribution in [0.5, 0.6) is 0 Å². The van der Waals surface area contributed by atoms with E-state index in [9.17, 15) is 0 Å². The molecule has 0 unspecified atom stereocenters. The van der Waals surface area contributed by atoms with E-state index in [1.54, 1.807) is 0 Å². The summed E-state index contributed by atoms with van der Waals surface area (Å²) in [7, 11) is 0. The molecule has 1 aliphatic rings. The molecule has 0 spiro atoms. The van der Waals surface area contributed by atoms with Crippen LogP contribution in [0.25, 0.3) is 10.9 Å². The first kappa shape index (κ1) is 18.8. The van der Waals surface area contributed by atoms with Gasteiger partial charge in [-0.05, 0) is 70.8 Å². The quantitative estimate of drug-likeness (QED) is 0.411. The number of aliphatic imine (C=N–C) groups is 1. The first-order chi connectivity index (χ1) is 12.1. The molecule has 1 aliphatic heterocycles. The number of nitrogens with one attached hydrogen (secondary N) is 2. The summed E-state index contributed by atoms with van der Waals surface area (Å²) in [6, 6.07) is 7.80. The molecule has 2 aromatic rings. The van der Waals surface area contributed by atoms with E-state index >= 15 is 0 Å². The fraction of sp³-hybridized carbons (Fsp3) is 0.278. The van der Waals surface area contributed by atoms with Gasteiger partial charge >= 0.3 is 0 Å². The lowest BCUT2D eigenvalue weighted by Crippen LogP contribution is -2.23. The van der Waals surface area contributed by atoms with Gasteiger partial charge in [0.05, 0.1) is 9.15 Å². The van der Waals surface area contributed by atoms with Crippen molar-refractivity contribution in [3.05, 3.63) is 47.3 Å². The molecule has 0 saturated heterocycles. The Morgan fingerprint density at radius 2 is 1.88 bits per heavy atom. The molecule has 0 bridgehead atoms. The second-order valence-corrected chi connectivity index (χ2v) is 9.82. The van der Waals surface area contributed by atoms with Crippen molar-refractivity contribution >= 4 is 67.3 Å². The molecule has 2 heterocycles. The third kappa shape index (κ3) is 5.48. The van der Waals surface area contributed by atoms with Crippen molar-refractivity contribution in [2.45, 2.75) is 19.8 Å². The second-order valence-electron chi connectivity index (χ2n) is 5.66. The van der Waals surface area contributed by atoms with Crippen molar-refractivity contribution in [3.8, 4) is 0 Å². The average molecular weight is 489 g/mol. The summed E-state index contributed by atoms with van der Waals surface area (Å²) in [5, 5.41) is 8.79. The van der Waals surface area contributed by atoms with Crippen LogP contribution in [0.1, 0.15) is 19.8 Å². The number of fused-ring (bicyclic) bond motifs is 1. The zero-order valence-corrected chi connectivity index (χ0v) is 17.5. The van der Waals surface area contributed by atoms with Gasteiger partial charge in [-0.25, -0.2) is 4.99 Å². The molecule has 1 aromatic carbocycles. The predicted octanol–water partition coefficient (Wildman–Crippen LogP) is 5.28. The molecular weight excluding hydrogens is 470 g/mol. The lowest BCUT2D eigenvalue weighted by Gasteiger charge is -2.11. The van der Waals surface area contributed by atoms with E-state index in [0.717, 1.165) is 51.4 Å². The number of hydrogen-bond donors (Lipinski definition) is 2. The summed E-state index contributed by atoms with van der Waals surface area (Å²) >= 11 is 11.8. The number of allylic oxidation sites excluding steroid dienone is 1. The van der Waals surface area contributed by atoms with E-state index in [2.05, 4.69) is 26.7 Å². The minimum absolute atomic E-state index is 0.316. The molecule has 0 fully saturated rings. The van der Waals surface area contributed by atoms with Gasteiger partial charge in [-0.2, -0.15) is 0 Å².